The van der Waals surface area contributed by atoms with E-state index in [-0.39, 0.29) is 6.10 Å². The number of halogens is 1. The van der Waals surface area contributed by atoms with Gasteiger partial charge in [-0.1, -0.05) is 60.7 Å². The highest BCUT2D eigenvalue weighted by Crippen LogP contribution is 2.40. The molecule has 2 aromatic carbocycles. The summed E-state index contributed by atoms with van der Waals surface area (Å²) in [6.07, 6.45) is -0.393. The highest BCUT2D eigenvalue weighted by Gasteiger charge is 2.46. The van der Waals surface area contributed by atoms with Gasteiger partial charge in [0.2, 0.25) is 0 Å². The number of alkyl carbamates (subject to hydrolysis) is 1. The summed E-state index contributed by atoms with van der Waals surface area (Å²) in [5.41, 5.74) is -0.503. The van der Waals surface area contributed by atoms with Crippen LogP contribution in [0.4, 0.5) is 9.18 Å². The van der Waals surface area contributed by atoms with Crippen molar-refractivity contribution in [3.05, 3.63) is 71.8 Å². The van der Waals surface area contributed by atoms with Gasteiger partial charge >= 0.3 is 6.09 Å². The van der Waals surface area contributed by atoms with Crippen LogP contribution in [0.25, 0.3) is 0 Å². The molecule has 0 saturated carbocycles. The maximum atomic E-state index is 16.4. The molecule has 1 heterocycles. The Hall–Kier alpha value is -2.40. The van der Waals surface area contributed by atoms with E-state index in [1.165, 1.54) is 0 Å². The third-order valence-electron chi connectivity index (χ3n) is 4.55. The van der Waals surface area contributed by atoms with E-state index in [0.717, 1.165) is 0 Å². The smallest absolute Gasteiger partial charge is 0.407 e. The summed E-state index contributed by atoms with van der Waals surface area (Å²) in [4.78, 5) is 11.6. The number of nitrogens with one attached hydrogen (secondary N) is 2. The number of rotatable bonds is 5. The number of carbonyl (C=O) groups is 1. The SMILES string of the molecule is CCNC(=O)O[C@H]1CNC(C(F)(c2ccccc2)c2ccccc2)C1. The molecule has 0 spiro atoms. The van der Waals surface area contributed by atoms with Crippen molar-refractivity contribution in [1.82, 2.24) is 10.6 Å². The predicted octanol–water partition coefficient (Wildman–Crippen LogP) is 3.38. The average Bonchev–Trinajstić information content (AvgIpc) is 3.11. The Labute approximate surface area is 147 Å². The van der Waals surface area contributed by atoms with Crippen LogP contribution in [0, 0.1) is 0 Å². The first-order valence-electron chi connectivity index (χ1n) is 8.62. The number of hydrogen-bond acceptors (Lipinski definition) is 3. The third-order valence-corrected chi connectivity index (χ3v) is 4.55. The summed E-state index contributed by atoms with van der Waals surface area (Å²) in [6.45, 7) is 2.77. The number of benzene rings is 2. The molecule has 0 bridgehead atoms. The van der Waals surface area contributed by atoms with Crippen molar-refractivity contribution < 1.29 is 13.9 Å². The molecule has 25 heavy (non-hydrogen) atoms. The molecule has 0 aromatic heterocycles. The first-order valence-corrected chi connectivity index (χ1v) is 8.62. The molecule has 1 aliphatic heterocycles. The molecule has 132 valence electrons. The quantitative estimate of drug-likeness (QED) is 0.876. The number of amides is 1. The summed E-state index contributed by atoms with van der Waals surface area (Å²) in [7, 11) is 0. The van der Waals surface area contributed by atoms with Gasteiger partial charge in [-0.3, -0.25) is 0 Å². The largest absolute Gasteiger partial charge is 0.445 e. The number of alkyl halides is 1. The molecule has 1 unspecified atom stereocenters. The van der Waals surface area contributed by atoms with Gasteiger partial charge in [0.1, 0.15) is 6.10 Å². The molecule has 1 fully saturated rings. The fraction of sp³-hybridized carbons (Fsp3) is 0.350. The van der Waals surface area contributed by atoms with E-state index in [9.17, 15) is 4.79 Å². The summed E-state index contributed by atoms with van der Waals surface area (Å²) in [6, 6.07) is 17.8. The minimum absolute atomic E-state index is 0.348. The molecule has 4 nitrogen and oxygen atoms in total. The predicted molar refractivity (Wildman–Crippen MR) is 95.1 cm³/mol. The van der Waals surface area contributed by atoms with Gasteiger partial charge in [-0.15, -0.1) is 0 Å². The zero-order valence-corrected chi connectivity index (χ0v) is 14.2. The van der Waals surface area contributed by atoms with Gasteiger partial charge in [0.25, 0.3) is 0 Å². The van der Waals surface area contributed by atoms with Gasteiger partial charge in [0, 0.05) is 19.5 Å². The normalized spacial score (nSPS) is 20.2. The lowest BCUT2D eigenvalue weighted by molar-refractivity contribution is 0.0983. The number of hydrogen-bond donors (Lipinski definition) is 2. The maximum Gasteiger partial charge on any atom is 0.407 e. The second-order valence-electron chi connectivity index (χ2n) is 6.20. The van der Waals surface area contributed by atoms with Crippen LogP contribution in [0.5, 0.6) is 0 Å². The Balaban J connectivity index is 1.86. The van der Waals surface area contributed by atoms with Crippen LogP contribution < -0.4 is 10.6 Å². The molecular weight excluding hydrogens is 319 g/mol. The van der Waals surface area contributed by atoms with Crippen molar-refractivity contribution in [1.29, 1.82) is 0 Å². The Kier molecular flexibility index (Phi) is 5.34. The van der Waals surface area contributed by atoms with Crippen LogP contribution in [0.2, 0.25) is 0 Å². The van der Waals surface area contributed by atoms with Crippen LogP contribution in [-0.4, -0.2) is 31.3 Å². The van der Waals surface area contributed by atoms with E-state index in [1.54, 1.807) is 24.3 Å². The lowest BCUT2D eigenvalue weighted by Gasteiger charge is -2.32. The van der Waals surface area contributed by atoms with Crippen molar-refractivity contribution in [2.45, 2.75) is 31.2 Å². The van der Waals surface area contributed by atoms with Crippen LogP contribution in [0.3, 0.4) is 0 Å². The van der Waals surface area contributed by atoms with Gasteiger partial charge < -0.3 is 15.4 Å². The van der Waals surface area contributed by atoms with E-state index in [2.05, 4.69) is 10.6 Å². The van der Waals surface area contributed by atoms with Crippen molar-refractivity contribution in [3.8, 4) is 0 Å². The fourth-order valence-corrected chi connectivity index (χ4v) is 3.36. The first-order chi connectivity index (χ1) is 12.1. The number of carbonyl (C=O) groups excluding carboxylic acids is 1. The summed E-state index contributed by atoms with van der Waals surface area (Å²) in [5, 5.41) is 5.82. The molecule has 1 saturated heterocycles. The monoisotopic (exact) mass is 342 g/mol. The van der Waals surface area contributed by atoms with Crippen molar-refractivity contribution in [2.24, 2.45) is 0 Å². The molecular formula is C20H23FN2O2. The molecule has 1 amide bonds. The Bertz CT molecular complexity index is 654. The lowest BCUT2D eigenvalue weighted by Crippen LogP contribution is -2.42. The van der Waals surface area contributed by atoms with E-state index in [1.807, 2.05) is 43.3 Å². The van der Waals surface area contributed by atoms with E-state index in [0.29, 0.717) is 30.6 Å². The molecule has 2 aromatic rings. The standard InChI is InChI=1S/C20H23FN2O2/c1-2-22-19(24)25-17-13-18(23-14-17)20(21,15-9-5-3-6-10-15)16-11-7-4-8-12-16/h3-12,17-18,23H,2,13-14H2,1H3,(H,22,24)/t17-,18?/m1/s1. The van der Waals surface area contributed by atoms with Gasteiger partial charge in [0.05, 0.1) is 6.04 Å². The van der Waals surface area contributed by atoms with Crippen LogP contribution in [0.1, 0.15) is 24.5 Å². The fourth-order valence-electron chi connectivity index (χ4n) is 3.36. The number of ether oxygens (including phenoxy) is 1. The van der Waals surface area contributed by atoms with Crippen molar-refractivity contribution in [2.75, 3.05) is 13.1 Å². The second kappa shape index (κ2) is 7.66. The Morgan fingerprint density at radius 1 is 1.16 bits per heavy atom. The molecule has 2 atom stereocenters. The van der Waals surface area contributed by atoms with Crippen LogP contribution in [0.15, 0.2) is 60.7 Å². The summed E-state index contributed by atoms with van der Waals surface area (Å²) in [5.74, 6) is 0. The molecule has 1 aliphatic rings. The molecule has 2 N–H and O–H groups in total. The highest BCUT2D eigenvalue weighted by molar-refractivity contribution is 5.67. The molecule has 0 radical (unpaired) electrons. The molecule has 3 rings (SSSR count). The van der Waals surface area contributed by atoms with Crippen molar-refractivity contribution >= 4 is 6.09 Å². The Morgan fingerprint density at radius 2 is 1.72 bits per heavy atom. The lowest BCUT2D eigenvalue weighted by atomic mass is 9.81. The zero-order chi connectivity index (χ0) is 17.7. The maximum absolute atomic E-state index is 16.4. The van der Waals surface area contributed by atoms with E-state index < -0.39 is 17.8 Å². The average molecular weight is 342 g/mol. The van der Waals surface area contributed by atoms with Crippen LogP contribution in [-0.2, 0) is 10.4 Å². The topological polar surface area (TPSA) is 50.4 Å². The summed E-state index contributed by atoms with van der Waals surface area (Å²) < 4.78 is 21.8. The summed E-state index contributed by atoms with van der Waals surface area (Å²) >= 11 is 0. The molecule has 0 aliphatic carbocycles. The minimum atomic E-state index is -1.69. The molecule has 5 heteroatoms. The van der Waals surface area contributed by atoms with Gasteiger partial charge in [-0.25, -0.2) is 9.18 Å². The minimum Gasteiger partial charge on any atom is -0.445 e. The van der Waals surface area contributed by atoms with Crippen LogP contribution >= 0.6 is 0 Å². The van der Waals surface area contributed by atoms with Gasteiger partial charge in [-0.2, -0.15) is 0 Å². The van der Waals surface area contributed by atoms with E-state index in [4.69, 9.17) is 4.74 Å². The van der Waals surface area contributed by atoms with Gasteiger partial charge in [0.15, 0.2) is 5.67 Å². The Morgan fingerprint density at radius 3 is 2.24 bits per heavy atom. The zero-order valence-electron chi connectivity index (χ0n) is 14.2. The van der Waals surface area contributed by atoms with Gasteiger partial charge in [-0.05, 0) is 18.1 Å². The highest BCUT2D eigenvalue weighted by atomic mass is 19.1. The van der Waals surface area contributed by atoms with E-state index >= 15 is 4.39 Å². The second-order valence-corrected chi connectivity index (χ2v) is 6.20. The first kappa shape index (κ1) is 17.4. The van der Waals surface area contributed by atoms with Crippen molar-refractivity contribution in [3.63, 3.8) is 0 Å². The third kappa shape index (κ3) is 3.66.